The average Bonchev–Trinajstić information content (AvgIpc) is 2.75. The predicted octanol–water partition coefficient (Wildman–Crippen LogP) is 1.28. The lowest BCUT2D eigenvalue weighted by molar-refractivity contribution is 0.0854. The number of ether oxygens (including phenoxy) is 1. The fourth-order valence-electron chi connectivity index (χ4n) is 1.33. The molecule has 1 aromatic heterocycles. The number of nitrogens with zero attached hydrogens (tertiary/aromatic N) is 2. The Hall–Kier alpha value is -1.38. The van der Waals surface area contributed by atoms with Crippen molar-refractivity contribution in [3.8, 4) is 12.3 Å². The molecule has 0 saturated heterocycles. The molecule has 1 heterocycles. The quantitative estimate of drug-likeness (QED) is 0.557. The summed E-state index contributed by atoms with van der Waals surface area (Å²) in [7, 11) is 1.65. The molecular formula is C11H17N3O2. The van der Waals surface area contributed by atoms with Crippen LogP contribution in [0.1, 0.15) is 37.6 Å². The van der Waals surface area contributed by atoms with E-state index < -0.39 is 0 Å². The molecule has 16 heavy (non-hydrogen) atoms. The lowest BCUT2D eigenvalue weighted by atomic mass is 10.2. The number of hydrogen-bond acceptors (Lipinski definition) is 5. The summed E-state index contributed by atoms with van der Waals surface area (Å²) >= 11 is 0. The lowest BCUT2D eigenvalue weighted by Gasteiger charge is -2.08. The van der Waals surface area contributed by atoms with E-state index >= 15 is 0 Å². The van der Waals surface area contributed by atoms with E-state index in [0.29, 0.717) is 24.8 Å². The summed E-state index contributed by atoms with van der Waals surface area (Å²) in [6.45, 7) is 3.06. The van der Waals surface area contributed by atoms with Crippen molar-refractivity contribution in [1.29, 1.82) is 0 Å². The molecule has 0 spiro atoms. The minimum Gasteiger partial charge on any atom is -0.373 e. The van der Waals surface area contributed by atoms with Gasteiger partial charge in [-0.1, -0.05) is 24.4 Å². The van der Waals surface area contributed by atoms with E-state index in [1.54, 1.807) is 7.11 Å². The minimum atomic E-state index is -0.0878. The van der Waals surface area contributed by atoms with Gasteiger partial charge in [-0.05, 0) is 6.42 Å². The van der Waals surface area contributed by atoms with Crippen LogP contribution in [-0.2, 0) is 11.3 Å². The standard InChI is InChI=1S/C11H17N3O2/c1-4-6-9(15-3)11-13-10(16-14-11)8-12-7-5-2/h2,9,12H,4,6-8H2,1,3H3. The van der Waals surface area contributed by atoms with Gasteiger partial charge in [-0.3, -0.25) is 5.32 Å². The summed E-state index contributed by atoms with van der Waals surface area (Å²) < 4.78 is 10.3. The highest BCUT2D eigenvalue weighted by Gasteiger charge is 2.16. The number of hydrogen-bond donors (Lipinski definition) is 1. The molecule has 1 rings (SSSR count). The van der Waals surface area contributed by atoms with Crippen LogP contribution in [0.5, 0.6) is 0 Å². The molecule has 0 aromatic carbocycles. The van der Waals surface area contributed by atoms with Gasteiger partial charge in [0.15, 0.2) is 0 Å². The number of nitrogens with one attached hydrogen (secondary N) is 1. The van der Waals surface area contributed by atoms with Crippen LogP contribution in [0.25, 0.3) is 0 Å². The van der Waals surface area contributed by atoms with Crippen LogP contribution in [0, 0.1) is 12.3 Å². The van der Waals surface area contributed by atoms with Gasteiger partial charge in [0.1, 0.15) is 6.10 Å². The van der Waals surface area contributed by atoms with Gasteiger partial charge in [0.05, 0.1) is 13.1 Å². The van der Waals surface area contributed by atoms with Crippen LogP contribution in [-0.4, -0.2) is 23.8 Å². The van der Waals surface area contributed by atoms with Crippen LogP contribution < -0.4 is 5.32 Å². The topological polar surface area (TPSA) is 60.2 Å². The van der Waals surface area contributed by atoms with Crippen molar-refractivity contribution in [2.24, 2.45) is 0 Å². The highest BCUT2D eigenvalue weighted by molar-refractivity contribution is 4.92. The third-order valence-electron chi connectivity index (χ3n) is 2.11. The summed E-state index contributed by atoms with van der Waals surface area (Å²) in [4.78, 5) is 4.24. The van der Waals surface area contributed by atoms with E-state index in [1.807, 2.05) is 0 Å². The fraction of sp³-hybridized carbons (Fsp3) is 0.636. The Bertz CT molecular complexity index is 343. The molecule has 0 amide bonds. The fourth-order valence-corrected chi connectivity index (χ4v) is 1.33. The zero-order valence-electron chi connectivity index (χ0n) is 9.69. The highest BCUT2D eigenvalue weighted by atomic mass is 16.5. The molecule has 0 radical (unpaired) electrons. The lowest BCUT2D eigenvalue weighted by Crippen LogP contribution is -2.13. The van der Waals surface area contributed by atoms with E-state index in [-0.39, 0.29) is 6.10 Å². The monoisotopic (exact) mass is 223 g/mol. The first kappa shape index (κ1) is 12.7. The SMILES string of the molecule is C#CCNCc1nc(C(CCC)OC)no1. The van der Waals surface area contributed by atoms with E-state index in [2.05, 4.69) is 28.3 Å². The normalized spacial score (nSPS) is 12.3. The summed E-state index contributed by atoms with van der Waals surface area (Å²) in [6, 6.07) is 0. The van der Waals surface area contributed by atoms with Gasteiger partial charge in [-0.25, -0.2) is 0 Å². The van der Waals surface area contributed by atoms with E-state index in [9.17, 15) is 0 Å². The maximum Gasteiger partial charge on any atom is 0.240 e. The van der Waals surface area contributed by atoms with E-state index in [1.165, 1.54) is 0 Å². The van der Waals surface area contributed by atoms with Crippen LogP contribution in [0.15, 0.2) is 4.52 Å². The van der Waals surface area contributed by atoms with Gasteiger partial charge in [0.2, 0.25) is 11.7 Å². The average molecular weight is 223 g/mol. The van der Waals surface area contributed by atoms with Crippen molar-refractivity contribution in [2.45, 2.75) is 32.4 Å². The second kappa shape index (κ2) is 6.99. The number of methoxy groups -OCH3 is 1. The van der Waals surface area contributed by atoms with Crippen molar-refractivity contribution in [2.75, 3.05) is 13.7 Å². The Balaban J connectivity index is 2.52. The van der Waals surface area contributed by atoms with Crippen molar-refractivity contribution in [3.63, 3.8) is 0 Å². The van der Waals surface area contributed by atoms with Crippen LogP contribution in [0.3, 0.4) is 0 Å². The number of rotatable bonds is 7. The first-order valence-corrected chi connectivity index (χ1v) is 5.31. The first-order valence-electron chi connectivity index (χ1n) is 5.31. The van der Waals surface area contributed by atoms with E-state index in [0.717, 1.165) is 12.8 Å². The Morgan fingerprint density at radius 2 is 2.44 bits per heavy atom. The zero-order chi connectivity index (χ0) is 11.8. The number of terminal acetylenes is 1. The Morgan fingerprint density at radius 3 is 3.06 bits per heavy atom. The van der Waals surface area contributed by atoms with Gasteiger partial charge in [0.25, 0.3) is 0 Å². The maximum absolute atomic E-state index is 5.28. The van der Waals surface area contributed by atoms with Crippen molar-refractivity contribution in [3.05, 3.63) is 11.7 Å². The maximum atomic E-state index is 5.28. The van der Waals surface area contributed by atoms with E-state index in [4.69, 9.17) is 15.7 Å². The summed E-state index contributed by atoms with van der Waals surface area (Å²) in [5, 5.41) is 6.86. The molecule has 5 heteroatoms. The molecule has 0 saturated carbocycles. The summed E-state index contributed by atoms with van der Waals surface area (Å²) in [5.74, 6) is 3.60. The molecule has 0 fully saturated rings. The second-order valence-corrected chi connectivity index (χ2v) is 3.37. The molecule has 0 bridgehead atoms. The van der Waals surface area contributed by atoms with Crippen molar-refractivity contribution >= 4 is 0 Å². The predicted molar refractivity (Wildman–Crippen MR) is 59.5 cm³/mol. The van der Waals surface area contributed by atoms with Crippen molar-refractivity contribution < 1.29 is 9.26 Å². The van der Waals surface area contributed by atoms with Gasteiger partial charge >= 0.3 is 0 Å². The number of aromatic nitrogens is 2. The molecule has 0 aliphatic carbocycles. The Morgan fingerprint density at radius 1 is 1.62 bits per heavy atom. The Labute approximate surface area is 95.6 Å². The van der Waals surface area contributed by atoms with Gasteiger partial charge in [0, 0.05) is 7.11 Å². The minimum absolute atomic E-state index is 0.0878. The molecular weight excluding hydrogens is 206 g/mol. The largest absolute Gasteiger partial charge is 0.373 e. The second-order valence-electron chi connectivity index (χ2n) is 3.37. The van der Waals surface area contributed by atoms with Crippen LogP contribution >= 0.6 is 0 Å². The molecule has 1 atom stereocenters. The highest BCUT2D eigenvalue weighted by Crippen LogP contribution is 2.18. The smallest absolute Gasteiger partial charge is 0.240 e. The van der Waals surface area contributed by atoms with Crippen LogP contribution in [0.2, 0.25) is 0 Å². The first-order chi connectivity index (χ1) is 7.81. The Kier molecular flexibility index (Phi) is 5.54. The molecule has 5 nitrogen and oxygen atoms in total. The summed E-state index contributed by atoms with van der Waals surface area (Å²) in [6.07, 6.45) is 6.91. The van der Waals surface area contributed by atoms with Crippen molar-refractivity contribution in [1.82, 2.24) is 15.5 Å². The van der Waals surface area contributed by atoms with Gasteiger partial charge in [-0.15, -0.1) is 6.42 Å². The molecule has 88 valence electrons. The third-order valence-corrected chi connectivity index (χ3v) is 2.11. The summed E-state index contributed by atoms with van der Waals surface area (Å²) in [5.41, 5.74) is 0. The zero-order valence-corrected chi connectivity index (χ0v) is 9.69. The molecule has 0 aliphatic heterocycles. The molecule has 1 aromatic rings. The molecule has 1 unspecified atom stereocenters. The van der Waals surface area contributed by atoms with Crippen LogP contribution in [0.4, 0.5) is 0 Å². The molecule has 1 N–H and O–H groups in total. The van der Waals surface area contributed by atoms with Gasteiger partial charge < -0.3 is 9.26 Å². The third kappa shape index (κ3) is 3.65. The molecule has 0 aliphatic rings. The van der Waals surface area contributed by atoms with Gasteiger partial charge in [-0.2, -0.15) is 4.98 Å².